The molecule has 0 bridgehead atoms. The number of hydroxylamine groups is 2. The predicted molar refractivity (Wildman–Crippen MR) is 102 cm³/mol. The summed E-state index contributed by atoms with van der Waals surface area (Å²) in [5, 5.41) is 24.4. The zero-order valence-electron chi connectivity index (χ0n) is 14.6. The van der Waals surface area contributed by atoms with E-state index in [-0.39, 0.29) is 34.6 Å². The fourth-order valence-corrected chi connectivity index (χ4v) is 6.62. The van der Waals surface area contributed by atoms with Gasteiger partial charge in [-0.3, -0.25) is 15.3 Å². The Labute approximate surface area is 156 Å². The number of nitrogens with one attached hydrogen (secondary N) is 1. The summed E-state index contributed by atoms with van der Waals surface area (Å²) in [6.07, 6.45) is 8.37. The molecule has 1 amide bonds. The monoisotopic (exact) mass is 387 g/mol. The van der Waals surface area contributed by atoms with E-state index in [2.05, 4.69) is 15.2 Å². The summed E-state index contributed by atoms with van der Waals surface area (Å²) < 4.78 is 0. The molecule has 0 spiro atoms. The van der Waals surface area contributed by atoms with Gasteiger partial charge in [-0.1, -0.05) is 19.3 Å². The van der Waals surface area contributed by atoms with E-state index in [0.29, 0.717) is 12.8 Å². The van der Waals surface area contributed by atoms with Crippen LogP contribution in [0.1, 0.15) is 57.8 Å². The van der Waals surface area contributed by atoms with Crippen LogP contribution in [0.3, 0.4) is 0 Å². The first kappa shape index (κ1) is 19.4. The van der Waals surface area contributed by atoms with Crippen LogP contribution in [0.25, 0.3) is 0 Å². The van der Waals surface area contributed by atoms with Gasteiger partial charge in [0, 0.05) is 18.0 Å². The number of carbonyl (C=O) groups is 1. The standard InChI is InChI=1S/C16H27N4O3S2/c1-17-15-19(12-7-9-13(10-8-12)20(22)23)16(25-24-15)18-14(21)11-5-3-2-4-6-11/h11-13,15,17,22H,2-10H2,1H3/q-1. The lowest BCUT2D eigenvalue weighted by Gasteiger charge is -2.41. The molecule has 1 heterocycles. The van der Waals surface area contributed by atoms with Crippen LogP contribution in [0.4, 0.5) is 0 Å². The third-order valence-corrected chi connectivity index (χ3v) is 7.94. The van der Waals surface area contributed by atoms with Crippen molar-refractivity contribution in [3.63, 3.8) is 0 Å². The van der Waals surface area contributed by atoms with Crippen molar-refractivity contribution in [3.8, 4) is 0 Å². The highest BCUT2D eigenvalue weighted by Crippen LogP contribution is 2.43. The predicted octanol–water partition coefficient (Wildman–Crippen LogP) is 3.15. The molecule has 25 heavy (non-hydrogen) atoms. The largest absolute Gasteiger partial charge is 0.762 e. The number of aliphatic imine (C=N–C) groups is 1. The van der Waals surface area contributed by atoms with Crippen molar-refractivity contribution in [1.82, 2.24) is 15.4 Å². The normalized spacial score (nSPS) is 33.4. The van der Waals surface area contributed by atoms with Crippen molar-refractivity contribution in [1.29, 1.82) is 0 Å². The Kier molecular flexibility index (Phi) is 7.04. The molecular formula is C16H27N4O3S2-. The zero-order chi connectivity index (χ0) is 17.8. The molecule has 142 valence electrons. The lowest BCUT2D eigenvalue weighted by atomic mass is 9.89. The van der Waals surface area contributed by atoms with Gasteiger partial charge < -0.3 is 15.3 Å². The summed E-state index contributed by atoms with van der Waals surface area (Å²) in [4.78, 5) is 19.3. The first-order valence-electron chi connectivity index (χ1n) is 9.17. The molecule has 1 aliphatic heterocycles. The molecule has 0 aromatic heterocycles. The summed E-state index contributed by atoms with van der Waals surface area (Å²) in [6.45, 7) is 0. The topological polar surface area (TPSA) is 91.2 Å². The van der Waals surface area contributed by atoms with E-state index in [1.807, 2.05) is 7.05 Å². The van der Waals surface area contributed by atoms with Crippen LogP contribution in [0.2, 0.25) is 0 Å². The molecule has 2 N–H and O–H groups in total. The van der Waals surface area contributed by atoms with Gasteiger partial charge in [0.1, 0.15) is 5.50 Å². The van der Waals surface area contributed by atoms with Crippen LogP contribution in [0, 0.1) is 11.1 Å². The number of nitrogens with zero attached hydrogens (tertiary/aromatic N) is 3. The Bertz CT molecular complexity index is 492. The van der Waals surface area contributed by atoms with Crippen molar-refractivity contribution in [2.75, 3.05) is 7.05 Å². The van der Waals surface area contributed by atoms with Crippen LogP contribution in [-0.4, -0.2) is 51.0 Å². The van der Waals surface area contributed by atoms with Gasteiger partial charge in [0.15, 0.2) is 5.17 Å². The van der Waals surface area contributed by atoms with Crippen molar-refractivity contribution in [2.45, 2.75) is 75.4 Å². The minimum Gasteiger partial charge on any atom is -0.762 e. The van der Waals surface area contributed by atoms with Crippen LogP contribution in [0.5, 0.6) is 0 Å². The van der Waals surface area contributed by atoms with Gasteiger partial charge in [0.05, 0.1) is 0 Å². The van der Waals surface area contributed by atoms with E-state index in [0.717, 1.165) is 43.7 Å². The molecule has 1 saturated heterocycles. The van der Waals surface area contributed by atoms with Crippen molar-refractivity contribution in [2.24, 2.45) is 10.9 Å². The number of hydrogen-bond acceptors (Lipinski definition) is 7. The molecule has 0 aromatic rings. The third-order valence-electron chi connectivity index (χ3n) is 5.47. The Morgan fingerprint density at radius 1 is 1.24 bits per heavy atom. The Hall–Kier alpha value is -0.320. The number of hydrogen-bond donors (Lipinski definition) is 2. The van der Waals surface area contributed by atoms with Crippen LogP contribution in [0.15, 0.2) is 4.99 Å². The average molecular weight is 388 g/mol. The lowest BCUT2D eigenvalue weighted by molar-refractivity contribution is -0.122. The number of rotatable bonds is 4. The highest BCUT2D eigenvalue weighted by atomic mass is 33.1. The molecule has 0 radical (unpaired) electrons. The molecule has 0 aromatic carbocycles. The lowest BCUT2D eigenvalue weighted by Crippen LogP contribution is -2.49. The van der Waals surface area contributed by atoms with E-state index in [9.17, 15) is 10.0 Å². The maximum atomic E-state index is 12.6. The molecule has 2 saturated carbocycles. The Balaban J connectivity index is 1.68. The van der Waals surface area contributed by atoms with E-state index in [1.54, 1.807) is 21.6 Å². The summed E-state index contributed by atoms with van der Waals surface area (Å²) >= 11 is 0. The molecule has 1 unspecified atom stereocenters. The first-order chi connectivity index (χ1) is 12.1. The zero-order valence-corrected chi connectivity index (χ0v) is 16.2. The molecule has 3 fully saturated rings. The van der Waals surface area contributed by atoms with Gasteiger partial charge in [-0.2, -0.15) is 4.99 Å². The van der Waals surface area contributed by atoms with Crippen LogP contribution >= 0.6 is 21.6 Å². The number of amides is 1. The summed E-state index contributed by atoms with van der Waals surface area (Å²) in [6, 6.07) is -0.0643. The first-order valence-corrected chi connectivity index (χ1v) is 11.4. The number of amidine groups is 1. The summed E-state index contributed by atoms with van der Waals surface area (Å²) in [5.41, 5.74) is 0.0851. The van der Waals surface area contributed by atoms with Crippen molar-refractivity contribution in [3.05, 3.63) is 5.21 Å². The van der Waals surface area contributed by atoms with E-state index in [1.165, 1.54) is 6.42 Å². The maximum absolute atomic E-state index is 12.6. The minimum absolute atomic E-state index is 0.0272. The van der Waals surface area contributed by atoms with Crippen LogP contribution in [-0.2, 0) is 4.79 Å². The number of carbonyl (C=O) groups excluding carboxylic acids is 1. The van der Waals surface area contributed by atoms with Gasteiger partial charge in [-0.05, 0) is 67.2 Å². The van der Waals surface area contributed by atoms with Gasteiger partial charge in [-0.15, -0.1) is 0 Å². The Morgan fingerprint density at radius 2 is 1.92 bits per heavy atom. The van der Waals surface area contributed by atoms with Crippen LogP contribution < -0.4 is 5.32 Å². The highest BCUT2D eigenvalue weighted by molar-refractivity contribution is 8.83. The summed E-state index contributed by atoms with van der Waals surface area (Å²) in [7, 11) is 5.15. The molecule has 3 rings (SSSR count). The maximum Gasteiger partial charge on any atom is 0.251 e. The second-order valence-electron chi connectivity index (χ2n) is 7.06. The van der Waals surface area contributed by atoms with Crippen molar-refractivity contribution < 1.29 is 10.0 Å². The van der Waals surface area contributed by atoms with Crippen molar-refractivity contribution >= 4 is 32.7 Å². The SMILES string of the molecule is CNC1SSC(=NC(=O)C2CCCCC2)N1C1CCC(N([O-])O)CC1. The van der Waals surface area contributed by atoms with Gasteiger partial charge in [0.25, 0.3) is 5.91 Å². The van der Waals surface area contributed by atoms with E-state index < -0.39 is 0 Å². The fraction of sp³-hybridized carbons (Fsp3) is 0.875. The molecular weight excluding hydrogens is 360 g/mol. The molecule has 2 aliphatic carbocycles. The molecule has 9 heteroatoms. The summed E-state index contributed by atoms with van der Waals surface area (Å²) in [5.74, 6) is 0.112. The third kappa shape index (κ3) is 4.70. The van der Waals surface area contributed by atoms with E-state index in [4.69, 9.17) is 5.21 Å². The molecule has 1 atom stereocenters. The Morgan fingerprint density at radius 3 is 2.52 bits per heavy atom. The minimum atomic E-state index is -0.309. The fourth-order valence-electron chi connectivity index (χ4n) is 3.98. The average Bonchev–Trinajstić information content (AvgIpc) is 3.05. The van der Waals surface area contributed by atoms with Gasteiger partial charge in [-0.25, -0.2) is 0 Å². The second kappa shape index (κ2) is 9.05. The van der Waals surface area contributed by atoms with Gasteiger partial charge in [0.2, 0.25) is 0 Å². The van der Waals surface area contributed by atoms with Gasteiger partial charge >= 0.3 is 0 Å². The quantitative estimate of drug-likeness (QED) is 0.561. The van der Waals surface area contributed by atoms with E-state index >= 15 is 0 Å². The smallest absolute Gasteiger partial charge is 0.251 e. The molecule has 7 nitrogen and oxygen atoms in total. The highest BCUT2D eigenvalue weighted by Gasteiger charge is 2.38. The second-order valence-corrected chi connectivity index (χ2v) is 9.31. The molecule has 3 aliphatic rings.